The van der Waals surface area contributed by atoms with E-state index in [-0.39, 0.29) is 17.4 Å². The molecule has 0 aliphatic heterocycles. The van der Waals surface area contributed by atoms with Crippen LogP contribution in [0.4, 0.5) is 0 Å². The Morgan fingerprint density at radius 1 is 1.45 bits per heavy atom. The van der Waals surface area contributed by atoms with Gasteiger partial charge in [0, 0.05) is 18.5 Å². The third-order valence-electron chi connectivity index (χ3n) is 3.47. The van der Waals surface area contributed by atoms with E-state index < -0.39 is 0 Å². The summed E-state index contributed by atoms with van der Waals surface area (Å²) in [5.41, 5.74) is 1.56. The first kappa shape index (κ1) is 17.0. The number of nitrogens with zero attached hydrogens (tertiary/aromatic N) is 2. The highest BCUT2D eigenvalue weighted by atomic mass is 35.5. The lowest BCUT2D eigenvalue weighted by Crippen LogP contribution is -2.44. The lowest BCUT2D eigenvalue weighted by atomic mass is 9.85. The average Bonchev–Trinajstić information content (AvgIpc) is 2.80. The lowest BCUT2D eigenvalue weighted by molar-refractivity contribution is 0.0889. The Bertz CT molecular complexity index is 448. The molecule has 1 unspecified atom stereocenters. The maximum absolute atomic E-state index is 12.5. The van der Waals surface area contributed by atoms with Crippen molar-refractivity contribution in [3.05, 3.63) is 17.5 Å². The Kier molecular flexibility index (Phi) is 6.06. The van der Waals surface area contributed by atoms with Crippen LogP contribution in [-0.4, -0.2) is 27.6 Å². The maximum atomic E-state index is 12.5. The highest BCUT2D eigenvalue weighted by Crippen LogP contribution is 2.22. The van der Waals surface area contributed by atoms with Gasteiger partial charge in [-0.25, -0.2) is 0 Å². The van der Waals surface area contributed by atoms with E-state index in [1.54, 1.807) is 4.68 Å². The Labute approximate surface area is 126 Å². The fourth-order valence-electron chi connectivity index (χ4n) is 2.13. The first-order valence-electron chi connectivity index (χ1n) is 7.27. The van der Waals surface area contributed by atoms with Crippen molar-refractivity contribution in [2.45, 2.75) is 60.0 Å². The highest BCUT2D eigenvalue weighted by Gasteiger charge is 2.27. The van der Waals surface area contributed by atoms with E-state index in [4.69, 9.17) is 11.6 Å². The van der Waals surface area contributed by atoms with Crippen LogP contribution in [0.15, 0.2) is 6.07 Å². The maximum Gasteiger partial charge on any atom is 0.269 e. The van der Waals surface area contributed by atoms with E-state index in [9.17, 15) is 4.79 Å². The highest BCUT2D eigenvalue weighted by molar-refractivity contribution is 6.17. The summed E-state index contributed by atoms with van der Waals surface area (Å²) >= 11 is 5.85. The number of alkyl halides is 1. The molecule has 0 bridgehead atoms. The predicted octanol–water partition coefficient (Wildman–Crippen LogP) is 3.24. The van der Waals surface area contributed by atoms with Crippen LogP contribution in [0, 0.1) is 5.41 Å². The van der Waals surface area contributed by atoms with Crippen LogP contribution >= 0.6 is 11.6 Å². The molecule has 0 saturated carbocycles. The van der Waals surface area contributed by atoms with E-state index >= 15 is 0 Å². The summed E-state index contributed by atoms with van der Waals surface area (Å²) in [5.74, 6) is 0.472. The summed E-state index contributed by atoms with van der Waals surface area (Å²) in [6.07, 6.45) is 1.59. The smallest absolute Gasteiger partial charge is 0.269 e. The average molecular weight is 300 g/mol. The van der Waals surface area contributed by atoms with Gasteiger partial charge in [0.2, 0.25) is 0 Å². The number of aromatic nitrogens is 2. The second-order valence-electron chi connectivity index (χ2n) is 6.06. The van der Waals surface area contributed by atoms with Gasteiger partial charge in [-0.15, -0.1) is 11.6 Å². The molecule has 1 atom stereocenters. The van der Waals surface area contributed by atoms with Gasteiger partial charge in [0.1, 0.15) is 5.69 Å². The van der Waals surface area contributed by atoms with Gasteiger partial charge < -0.3 is 5.32 Å². The third-order valence-corrected chi connectivity index (χ3v) is 3.69. The molecule has 114 valence electrons. The second kappa shape index (κ2) is 7.11. The normalized spacial score (nSPS) is 13.3. The van der Waals surface area contributed by atoms with E-state index in [1.807, 2.05) is 19.9 Å². The van der Waals surface area contributed by atoms with Gasteiger partial charge in [-0.1, -0.05) is 27.7 Å². The molecule has 0 radical (unpaired) electrons. The van der Waals surface area contributed by atoms with Crippen LogP contribution in [0.2, 0.25) is 0 Å². The van der Waals surface area contributed by atoms with Crippen LogP contribution in [0.25, 0.3) is 0 Å². The van der Waals surface area contributed by atoms with Gasteiger partial charge in [0.25, 0.3) is 5.91 Å². The second-order valence-corrected chi connectivity index (χ2v) is 6.44. The lowest BCUT2D eigenvalue weighted by Gasteiger charge is -2.31. The molecule has 1 rings (SSSR count). The van der Waals surface area contributed by atoms with Crippen molar-refractivity contribution >= 4 is 17.5 Å². The number of hydrogen-bond acceptors (Lipinski definition) is 2. The first-order chi connectivity index (χ1) is 9.33. The summed E-state index contributed by atoms with van der Waals surface area (Å²) in [6, 6.07) is 1.93. The zero-order valence-electron chi connectivity index (χ0n) is 13.2. The van der Waals surface area contributed by atoms with Crippen molar-refractivity contribution in [1.29, 1.82) is 0 Å². The molecular formula is C15H26ClN3O. The van der Waals surface area contributed by atoms with Crippen molar-refractivity contribution in [3.8, 4) is 0 Å². The minimum atomic E-state index is -0.0657. The topological polar surface area (TPSA) is 46.9 Å². The summed E-state index contributed by atoms with van der Waals surface area (Å²) in [4.78, 5) is 12.5. The minimum Gasteiger partial charge on any atom is -0.347 e. The first-order valence-corrected chi connectivity index (χ1v) is 7.80. The zero-order chi connectivity index (χ0) is 15.3. The molecule has 1 heterocycles. The van der Waals surface area contributed by atoms with Crippen LogP contribution in [0.5, 0.6) is 0 Å². The van der Waals surface area contributed by atoms with E-state index in [1.165, 1.54) is 0 Å². The van der Waals surface area contributed by atoms with E-state index in [0.29, 0.717) is 18.1 Å². The van der Waals surface area contributed by atoms with Gasteiger partial charge in [0.15, 0.2) is 0 Å². The molecule has 0 aromatic carbocycles. The molecule has 5 heteroatoms. The standard InChI is InChI=1S/C15H26ClN3O/c1-6-11-10-12(19(7-2)18-11)14(20)17-13(8-9-16)15(3,4)5/h10,13H,6-9H2,1-5H3,(H,17,20). The van der Waals surface area contributed by atoms with Gasteiger partial charge in [-0.05, 0) is 31.2 Å². The monoisotopic (exact) mass is 299 g/mol. The number of halogens is 1. The Hall–Kier alpha value is -1.03. The van der Waals surface area contributed by atoms with Gasteiger partial charge in [-0.2, -0.15) is 5.10 Å². The molecule has 4 nitrogen and oxygen atoms in total. The van der Waals surface area contributed by atoms with Crippen LogP contribution < -0.4 is 5.32 Å². The van der Waals surface area contributed by atoms with Crippen molar-refractivity contribution in [3.63, 3.8) is 0 Å². The fourth-order valence-corrected chi connectivity index (χ4v) is 2.35. The number of hydrogen-bond donors (Lipinski definition) is 1. The summed E-state index contributed by atoms with van der Waals surface area (Å²) in [7, 11) is 0. The minimum absolute atomic E-state index is 0.0186. The van der Waals surface area contributed by atoms with Crippen LogP contribution in [0.3, 0.4) is 0 Å². The molecule has 1 aromatic rings. The van der Waals surface area contributed by atoms with Crippen LogP contribution in [0.1, 0.15) is 57.2 Å². The van der Waals surface area contributed by atoms with Crippen molar-refractivity contribution in [2.75, 3.05) is 5.88 Å². The molecule has 0 aliphatic carbocycles. The number of aryl methyl sites for hydroxylation is 2. The third kappa shape index (κ3) is 4.23. The number of nitrogens with one attached hydrogen (secondary N) is 1. The molecule has 0 fully saturated rings. The molecule has 0 spiro atoms. The zero-order valence-corrected chi connectivity index (χ0v) is 13.9. The van der Waals surface area contributed by atoms with E-state index in [0.717, 1.165) is 18.5 Å². The van der Waals surface area contributed by atoms with Crippen molar-refractivity contribution in [2.24, 2.45) is 5.41 Å². The van der Waals surface area contributed by atoms with Crippen LogP contribution in [-0.2, 0) is 13.0 Å². The number of carbonyl (C=O) groups is 1. The molecule has 1 aromatic heterocycles. The molecule has 0 saturated heterocycles. The Morgan fingerprint density at radius 3 is 2.55 bits per heavy atom. The largest absolute Gasteiger partial charge is 0.347 e. The molecule has 1 N–H and O–H groups in total. The Morgan fingerprint density at radius 2 is 2.10 bits per heavy atom. The predicted molar refractivity (Wildman–Crippen MR) is 83.3 cm³/mol. The molecular weight excluding hydrogens is 274 g/mol. The Balaban J connectivity index is 2.91. The van der Waals surface area contributed by atoms with Gasteiger partial charge >= 0.3 is 0 Å². The van der Waals surface area contributed by atoms with Gasteiger partial charge in [0.05, 0.1) is 5.69 Å². The number of carbonyl (C=O) groups excluding carboxylic acids is 1. The fraction of sp³-hybridized carbons (Fsp3) is 0.733. The summed E-state index contributed by atoms with van der Waals surface area (Å²) in [5, 5.41) is 7.52. The number of rotatable bonds is 6. The SMILES string of the molecule is CCc1cc(C(=O)NC(CCCl)C(C)(C)C)n(CC)n1. The molecule has 1 amide bonds. The van der Waals surface area contributed by atoms with Crippen molar-refractivity contribution in [1.82, 2.24) is 15.1 Å². The molecule has 20 heavy (non-hydrogen) atoms. The molecule has 0 aliphatic rings. The van der Waals surface area contributed by atoms with Gasteiger partial charge in [-0.3, -0.25) is 9.48 Å². The van der Waals surface area contributed by atoms with Crippen molar-refractivity contribution < 1.29 is 4.79 Å². The quantitative estimate of drug-likeness (QED) is 0.820. The number of amides is 1. The van der Waals surface area contributed by atoms with E-state index in [2.05, 4.69) is 31.2 Å². The summed E-state index contributed by atoms with van der Waals surface area (Å²) in [6.45, 7) is 11.0. The summed E-state index contributed by atoms with van der Waals surface area (Å²) < 4.78 is 1.76.